The van der Waals surface area contributed by atoms with Crippen LogP contribution in [0.4, 0.5) is 0 Å². The molecule has 0 spiro atoms. The highest BCUT2D eigenvalue weighted by Crippen LogP contribution is 2.02. The third-order valence-corrected chi connectivity index (χ3v) is 4.06. The van der Waals surface area contributed by atoms with Gasteiger partial charge in [-0.15, -0.1) is 0 Å². The lowest BCUT2D eigenvalue weighted by molar-refractivity contribution is -0.141. The fourth-order valence-corrected chi connectivity index (χ4v) is 2.28. The van der Waals surface area contributed by atoms with Gasteiger partial charge in [0.1, 0.15) is 18.6 Å². The lowest BCUT2D eigenvalue weighted by Crippen LogP contribution is -2.53. The summed E-state index contributed by atoms with van der Waals surface area (Å²) in [5.74, 6) is -1.80. The second-order valence-corrected chi connectivity index (χ2v) is 6.54. The van der Waals surface area contributed by atoms with Crippen LogP contribution in [0.15, 0.2) is 0 Å². The van der Waals surface area contributed by atoms with Crippen LogP contribution in [0.25, 0.3) is 0 Å². The molecule has 0 aliphatic rings. The van der Waals surface area contributed by atoms with Crippen LogP contribution < -0.4 is 21.3 Å². The zero-order valence-corrected chi connectivity index (χ0v) is 16.9. The Morgan fingerprint density at radius 3 is 2.19 bits per heavy atom. The number of esters is 1. The smallest absolute Gasteiger partial charge is 0.325 e. The van der Waals surface area contributed by atoms with Crippen LogP contribution in [0.2, 0.25) is 0 Å². The predicted octanol–water partition coefficient (Wildman–Crippen LogP) is -1.46. The SMILES string of the molecule is CCC(=O)N[C@@H](CCSC)C(=O)N[C@@H](C)C(=O)NCC(=O)NCC(=O)OC. The molecule has 0 saturated carbocycles. The third kappa shape index (κ3) is 11.1. The van der Waals surface area contributed by atoms with Gasteiger partial charge >= 0.3 is 5.97 Å². The molecular weight excluding hydrogens is 376 g/mol. The van der Waals surface area contributed by atoms with Crippen molar-refractivity contribution in [3.8, 4) is 0 Å². The monoisotopic (exact) mass is 404 g/mol. The van der Waals surface area contributed by atoms with Gasteiger partial charge in [0.2, 0.25) is 23.6 Å². The van der Waals surface area contributed by atoms with Gasteiger partial charge in [0.05, 0.1) is 13.7 Å². The van der Waals surface area contributed by atoms with Crippen molar-refractivity contribution in [3.05, 3.63) is 0 Å². The number of amides is 4. The van der Waals surface area contributed by atoms with E-state index in [0.29, 0.717) is 12.2 Å². The van der Waals surface area contributed by atoms with Crippen molar-refractivity contribution in [1.82, 2.24) is 21.3 Å². The van der Waals surface area contributed by atoms with Crippen molar-refractivity contribution in [1.29, 1.82) is 0 Å². The fraction of sp³-hybridized carbons (Fsp3) is 0.688. The molecule has 4 N–H and O–H groups in total. The molecule has 11 heteroatoms. The first kappa shape index (κ1) is 24.7. The Kier molecular flexibility index (Phi) is 12.7. The molecule has 10 nitrogen and oxygen atoms in total. The molecule has 27 heavy (non-hydrogen) atoms. The molecule has 0 aliphatic heterocycles. The summed E-state index contributed by atoms with van der Waals surface area (Å²) >= 11 is 1.54. The van der Waals surface area contributed by atoms with Crippen molar-refractivity contribution < 1.29 is 28.7 Å². The van der Waals surface area contributed by atoms with E-state index < -0.39 is 35.8 Å². The van der Waals surface area contributed by atoms with Gasteiger partial charge in [-0.2, -0.15) is 11.8 Å². The zero-order chi connectivity index (χ0) is 20.8. The molecule has 0 fully saturated rings. The summed E-state index contributed by atoms with van der Waals surface area (Å²) in [5, 5.41) is 9.77. The van der Waals surface area contributed by atoms with E-state index in [4.69, 9.17) is 0 Å². The standard InChI is InChI=1S/C16H28N4O6S/c1-5-12(21)20-11(6-7-27-4)16(25)19-10(2)15(24)18-8-13(22)17-9-14(23)26-3/h10-11H,5-9H2,1-4H3,(H,17,22)(H,18,24)(H,19,25)(H,20,21)/t10-,11-/m0/s1. The Hall–Kier alpha value is -2.30. The van der Waals surface area contributed by atoms with Crippen LogP contribution in [0.1, 0.15) is 26.7 Å². The van der Waals surface area contributed by atoms with Gasteiger partial charge in [-0.1, -0.05) is 6.92 Å². The maximum atomic E-state index is 12.3. The van der Waals surface area contributed by atoms with Crippen molar-refractivity contribution in [3.63, 3.8) is 0 Å². The summed E-state index contributed by atoms with van der Waals surface area (Å²) in [6, 6.07) is -1.63. The normalized spacial score (nSPS) is 12.3. The number of methoxy groups -OCH3 is 1. The molecule has 0 aromatic rings. The van der Waals surface area contributed by atoms with Gasteiger partial charge in [0, 0.05) is 6.42 Å². The van der Waals surface area contributed by atoms with E-state index in [1.807, 2.05) is 6.26 Å². The molecule has 0 unspecified atom stereocenters. The van der Waals surface area contributed by atoms with Gasteiger partial charge in [0.15, 0.2) is 0 Å². The van der Waals surface area contributed by atoms with Crippen LogP contribution in [0.5, 0.6) is 0 Å². The van der Waals surface area contributed by atoms with E-state index in [1.54, 1.807) is 6.92 Å². The van der Waals surface area contributed by atoms with Gasteiger partial charge in [-0.25, -0.2) is 0 Å². The highest BCUT2D eigenvalue weighted by Gasteiger charge is 2.24. The average Bonchev–Trinajstić information content (AvgIpc) is 2.66. The highest BCUT2D eigenvalue weighted by molar-refractivity contribution is 7.98. The quantitative estimate of drug-likeness (QED) is 0.291. The van der Waals surface area contributed by atoms with Crippen LogP contribution in [-0.2, 0) is 28.7 Å². The number of nitrogens with one attached hydrogen (secondary N) is 4. The number of rotatable bonds is 12. The number of carbonyl (C=O) groups is 5. The van der Waals surface area contributed by atoms with E-state index in [-0.39, 0.29) is 25.4 Å². The van der Waals surface area contributed by atoms with E-state index in [1.165, 1.54) is 25.8 Å². The number of carbonyl (C=O) groups excluding carboxylic acids is 5. The van der Waals surface area contributed by atoms with Crippen LogP contribution >= 0.6 is 11.8 Å². The summed E-state index contributed by atoms with van der Waals surface area (Å²) in [5.41, 5.74) is 0. The Morgan fingerprint density at radius 2 is 1.63 bits per heavy atom. The molecule has 0 aromatic carbocycles. The largest absolute Gasteiger partial charge is 0.468 e. The molecule has 0 aromatic heterocycles. The summed E-state index contributed by atoms with van der Waals surface area (Å²) in [7, 11) is 1.19. The topological polar surface area (TPSA) is 143 Å². The number of hydrogen-bond acceptors (Lipinski definition) is 7. The minimum absolute atomic E-state index is 0.250. The maximum Gasteiger partial charge on any atom is 0.325 e. The second kappa shape index (κ2) is 13.8. The second-order valence-electron chi connectivity index (χ2n) is 5.56. The number of ether oxygens (including phenoxy) is 1. The zero-order valence-electron chi connectivity index (χ0n) is 16.0. The molecule has 154 valence electrons. The molecule has 0 aliphatic carbocycles. The maximum absolute atomic E-state index is 12.3. The molecule has 4 amide bonds. The third-order valence-electron chi connectivity index (χ3n) is 3.42. The van der Waals surface area contributed by atoms with Crippen molar-refractivity contribution in [2.45, 2.75) is 38.8 Å². The molecule has 0 heterocycles. The van der Waals surface area contributed by atoms with E-state index in [0.717, 1.165) is 0 Å². The Labute approximate surface area is 162 Å². The Morgan fingerprint density at radius 1 is 0.963 bits per heavy atom. The van der Waals surface area contributed by atoms with Crippen LogP contribution in [0, 0.1) is 0 Å². The lowest BCUT2D eigenvalue weighted by Gasteiger charge is -2.20. The summed E-state index contributed by atoms with van der Waals surface area (Å²) in [6.07, 6.45) is 2.57. The molecule has 0 radical (unpaired) electrons. The van der Waals surface area contributed by atoms with Crippen molar-refractivity contribution in [2.24, 2.45) is 0 Å². The Bertz CT molecular complexity index is 543. The summed E-state index contributed by atoms with van der Waals surface area (Å²) < 4.78 is 4.37. The van der Waals surface area contributed by atoms with E-state index >= 15 is 0 Å². The lowest BCUT2D eigenvalue weighted by atomic mass is 10.2. The fourth-order valence-electron chi connectivity index (χ4n) is 1.81. The summed E-state index contributed by atoms with van der Waals surface area (Å²) in [4.78, 5) is 58.3. The van der Waals surface area contributed by atoms with Crippen LogP contribution in [-0.4, -0.2) is 73.9 Å². The van der Waals surface area contributed by atoms with E-state index in [9.17, 15) is 24.0 Å². The van der Waals surface area contributed by atoms with Crippen molar-refractivity contribution >= 4 is 41.4 Å². The van der Waals surface area contributed by atoms with Gasteiger partial charge in [-0.3, -0.25) is 24.0 Å². The first-order valence-corrected chi connectivity index (χ1v) is 9.84. The minimum atomic E-state index is -0.902. The first-order chi connectivity index (χ1) is 12.7. The molecular formula is C16H28N4O6S. The summed E-state index contributed by atoms with van der Waals surface area (Å²) in [6.45, 7) is 2.50. The minimum Gasteiger partial charge on any atom is -0.468 e. The molecule has 0 saturated heterocycles. The highest BCUT2D eigenvalue weighted by atomic mass is 32.2. The average molecular weight is 404 g/mol. The molecule has 0 bridgehead atoms. The van der Waals surface area contributed by atoms with Gasteiger partial charge in [-0.05, 0) is 25.4 Å². The first-order valence-electron chi connectivity index (χ1n) is 8.45. The van der Waals surface area contributed by atoms with Gasteiger partial charge in [0.25, 0.3) is 0 Å². The predicted molar refractivity (Wildman–Crippen MR) is 101 cm³/mol. The number of hydrogen-bond donors (Lipinski definition) is 4. The van der Waals surface area contributed by atoms with Crippen LogP contribution in [0.3, 0.4) is 0 Å². The number of thioether (sulfide) groups is 1. The Balaban J connectivity index is 4.47. The molecule has 2 atom stereocenters. The van der Waals surface area contributed by atoms with Gasteiger partial charge < -0.3 is 26.0 Å². The van der Waals surface area contributed by atoms with E-state index in [2.05, 4.69) is 26.0 Å². The molecule has 0 rings (SSSR count). The van der Waals surface area contributed by atoms with Crippen molar-refractivity contribution in [2.75, 3.05) is 32.2 Å².